The molecule has 0 atom stereocenters. The molecule has 0 bridgehead atoms. The van der Waals surface area contributed by atoms with Crippen molar-refractivity contribution in [1.29, 1.82) is 0 Å². The van der Waals surface area contributed by atoms with Gasteiger partial charge < -0.3 is 25.5 Å². The highest BCUT2D eigenvalue weighted by molar-refractivity contribution is 7.22. The van der Waals surface area contributed by atoms with E-state index in [4.69, 9.17) is 5.11 Å². The van der Waals surface area contributed by atoms with Crippen molar-refractivity contribution in [1.82, 2.24) is 20.2 Å². The van der Waals surface area contributed by atoms with E-state index >= 15 is 0 Å². The molecule has 0 saturated carbocycles. The van der Waals surface area contributed by atoms with Gasteiger partial charge in [-0.25, -0.2) is 9.97 Å². The van der Waals surface area contributed by atoms with Gasteiger partial charge in [-0.3, -0.25) is 4.79 Å². The maximum Gasteiger partial charge on any atom is 0.303 e. The summed E-state index contributed by atoms with van der Waals surface area (Å²) in [5.41, 5.74) is 1.83. The number of carboxylic acids is 1. The van der Waals surface area contributed by atoms with Crippen LogP contribution in [0.4, 0.5) is 21.9 Å². The lowest BCUT2D eigenvalue weighted by Crippen LogP contribution is -2.21. The van der Waals surface area contributed by atoms with Crippen molar-refractivity contribution in [2.45, 2.75) is 26.1 Å². The number of fused-ring (bicyclic) bond motifs is 1. The van der Waals surface area contributed by atoms with Crippen LogP contribution < -0.4 is 10.2 Å². The van der Waals surface area contributed by atoms with Crippen molar-refractivity contribution in [3.63, 3.8) is 0 Å². The highest BCUT2D eigenvalue weighted by Gasteiger charge is 2.19. The van der Waals surface area contributed by atoms with Crippen molar-refractivity contribution in [3.8, 4) is 0 Å². The lowest BCUT2D eigenvalue weighted by atomic mass is 10.2. The van der Waals surface area contributed by atoms with Gasteiger partial charge in [0.05, 0.1) is 10.2 Å². The predicted octanol–water partition coefficient (Wildman–Crippen LogP) is 3.58. The molecule has 3 heterocycles. The van der Waals surface area contributed by atoms with E-state index in [1.165, 1.54) is 28.1 Å². The number of thiazole rings is 2. The summed E-state index contributed by atoms with van der Waals surface area (Å²) >= 11 is 2.73. The summed E-state index contributed by atoms with van der Waals surface area (Å²) in [6.07, 6.45) is -1.34. The Hall–Kier alpha value is -3.19. The molecule has 4 aromatic rings. The van der Waals surface area contributed by atoms with Gasteiger partial charge in [-0.2, -0.15) is 0 Å². The van der Waals surface area contributed by atoms with Crippen LogP contribution in [-0.2, 0) is 4.79 Å². The molecule has 4 N–H and O–H groups in total. The molecule has 0 aliphatic carbocycles. The van der Waals surface area contributed by atoms with Gasteiger partial charge in [0.25, 0.3) is 0 Å². The van der Waals surface area contributed by atoms with Crippen molar-refractivity contribution < 1.29 is 20.1 Å². The summed E-state index contributed by atoms with van der Waals surface area (Å²) in [5, 5.41) is 42.2. The second kappa shape index (κ2) is 9.53. The van der Waals surface area contributed by atoms with Gasteiger partial charge in [0.1, 0.15) is 5.69 Å². The number of carboxylic acid groups (broad SMARTS) is 1. The summed E-state index contributed by atoms with van der Waals surface area (Å²) in [7, 11) is 0. The number of hydrogen-bond donors (Lipinski definition) is 4. The van der Waals surface area contributed by atoms with Gasteiger partial charge in [-0.15, -0.1) is 21.5 Å². The van der Waals surface area contributed by atoms with Crippen LogP contribution in [0.5, 0.6) is 0 Å². The van der Waals surface area contributed by atoms with Crippen molar-refractivity contribution in [2.75, 3.05) is 16.8 Å². The Morgan fingerprint density at radius 2 is 2.03 bits per heavy atom. The molecule has 12 heteroatoms. The predicted molar refractivity (Wildman–Crippen MR) is 123 cm³/mol. The minimum atomic E-state index is -1.69. The number of benzene rings is 1. The third kappa shape index (κ3) is 4.99. The minimum Gasteiger partial charge on any atom is -0.481 e. The summed E-state index contributed by atoms with van der Waals surface area (Å²) < 4.78 is 1.06. The molecule has 4 rings (SSSR count). The highest BCUT2D eigenvalue weighted by Crippen LogP contribution is 2.32. The van der Waals surface area contributed by atoms with E-state index in [0.29, 0.717) is 34.9 Å². The monoisotopic (exact) mass is 472 g/mol. The third-order valence-corrected chi connectivity index (χ3v) is 6.38. The first-order chi connectivity index (χ1) is 15.4. The van der Waals surface area contributed by atoms with Crippen molar-refractivity contribution >= 4 is 60.8 Å². The fourth-order valence-electron chi connectivity index (χ4n) is 2.97. The molecule has 0 aliphatic rings. The maximum atomic E-state index is 10.9. The molecular weight excluding hydrogens is 452 g/mol. The Balaban J connectivity index is 1.58. The zero-order chi connectivity index (χ0) is 22.7. The molecule has 0 aliphatic heterocycles. The average molecular weight is 473 g/mol. The average Bonchev–Trinajstić information content (AvgIpc) is 3.39. The van der Waals surface area contributed by atoms with Gasteiger partial charge in [-0.1, -0.05) is 23.5 Å². The number of para-hydroxylation sites is 1. The van der Waals surface area contributed by atoms with Crippen LogP contribution >= 0.6 is 22.7 Å². The molecule has 0 unspecified atom stereocenters. The SMILES string of the molecule is Cc1cc(N(CCCC(=O)O)c2nc(C(O)O)cs2)nnc1Nc1nc2ccccc2s1. The van der Waals surface area contributed by atoms with Gasteiger partial charge in [0.2, 0.25) is 0 Å². The zero-order valence-corrected chi connectivity index (χ0v) is 18.6. The minimum absolute atomic E-state index is 0.0129. The van der Waals surface area contributed by atoms with Crippen molar-refractivity contribution in [2.24, 2.45) is 0 Å². The Morgan fingerprint density at radius 1 is 1.22 bits per heavy atom. The van der Waals surface area contributed by atoms with E-state index in [2.05, 4.69) is 25.5 Å². The first-order valence-corrected chi connectivity index (χ1v) is 11.4. The Bertz CT molecular complexity index is 1210. The largest absolute Gasteiger partial charge is 0.481 e. The number of aliphatic hydroxyl groups is 2. The number of hydrogen-bond acceptors (Lipinski definition) is 11. The normalized spacial score (nSPS) is 11.2. The lowest BCUT2D eigenvalue weighted by molar-refractivity contribution is -0.137. The van der Waals surface area contributed by atoms with Gasteiger partial charge in [0, 0.05) is 18.3 Å². The summed E-state index contributed by atoms with van der Waals surface area (Å²) in [4.78, 5) is 21.5. The zero-order valence-electron chi connectivity index (χ0n) is 17.0. The number of carbonyl (C=O) groups is 1. The molecule has 32 heavy (non-hydrogen) atoms. The fourth-order valence-corrected chi connectivity index (χ4v) is 4.70. The summed E-state index contributed by atoms with van der Waals surface area (Å²) in [6.45, 7) is 2.22. The molecule has 166 valence electrons. The highest BCUT2D eigenvalue weighted by atomic mass is 32.1. The quantitative estimate of drug-likeness (QED) is 0.267. The van der Waals surface area contributed by atoms with E-state index in [1.54, 1.807) is 4.90 Å². The first kappa shape index (κ1) is 22.0. The molecule has 0 saturated heterocycles. The van der Waals surface area contributed by atoms with Crippen LogP contribution in [0, 0.1) is 6.92 Å². The van der Waals surface area contributed by atoms with Crippen LogP contribution in [0.1, 0.15) is 30.4 Å². The fraction of sp³-hybridized carbons (Fsp3) is 0.250. The standard InChI is InChI=1S/C20H20N6O4S2/c1-11-9-15(24-25-17(11)23-19-21-12-5-2-3-6-14(12)32-19)26(8-4-7-16(27)28)20-22-13(10-31-20)18(29)30/h2-3,5-6,9-10,18,29-30H,4,7-8H2,1H3,(H,27,28)(H,21,23,25). The Labute approximate surface area is 190 Å². The Morgan fingerprint density at radius 3 is 2.72 bits per heavy atom. The number of aromatic nitrogens is 4. The van der Waals surface area contributed by atoms with Crippen molar-refractivity contribution in [3.05, 3.63) is 47.0 Å². The van der Waals surface area contributed by atoms with Gasteiger partial charge in [-0.05, 0) is 37.1 Å². The second-order valence-electron chi connectivity index (χ2n) is 6.92. The molecule has 0 radical (unpaired) electrons. The van der Waals surface area contributed by atoms with Crippen LogP contribution in [0.25, 0.3) is 10.2 Å². The lowest BCUT2D eigenvalue weighted by Gasteiger charge is -2.21. The van der Waals surface area contributed by atoms with Crippen LogP contribution in [0.3, 0.4) is 0 Å². The van der Waals surface area contributed by atoms with E-state index in [9.17, 15) is 15.0 Å². The molecule has 0 spiro atoms. The topological polar surface area (TPSA) is 145 Å². The van der Waals surface area contributed by atoms with Crippen LogP contribution in [0.2, 0.25) is 0 Å². The number of nitrogens with zero attached hydrogens (tertiary/aromatic N) is 5. The number of rotatable bonds is 9. The molecule has 10 nitrogen and oxygen atoms in total. The molecule has 1 aromatic carbocycles. The first-order valence-electron chi connectivity index (χ1n) is 9.68. The Kier molecular flexibility index (Phi) is 6.55. The number of nitrogens with one attached hydrogen (secondary N) is 1. The van der Waals surface area contributed by atoms with E-state index in [1.807, 2.05) is 37.3 Å². The maximum absolute atomic E-state index is 10.9. The number of aliphatic carboxylic acids is 1. The summed E-state index contributed by atoms with van der Waals surface area (Å²) in [6, 6.07) is 9.66. The molecular formula is C20H20N6O4S2. The smallest absolute Gasteiger partial charge is 0.303 e. The van der Waals surface area contributed by atoms with Crippen LogP contribution in [-0.4, -0.2) is 48.0 Å². The van der Waals surface area contributed by atoms with Gasteiger partial charge >= 0.3 is 5.97 Å². The van der Waals surface area contributed by atoms with E-state index < -0.39 is 12.3 Å². The second-order valence-corrected chi connectivity index (χ2v) is 8.79. The van der Waals surface area contributed by atoms with E-state index in [-0.39, 0.29) is 12.1 Å². The third-order valence-electron chi connectivity index (χ3n) is 4.54. The number of anilines is 4. The molecule has 0 amide bonds. The summed E-state index contributed by atoms with van der Waals surface area (Å²) in [5.74, 6) is 0.146. The van der Waals surface area contributed by atoms with Gasteiger partial charge in [0.15, 0.2) is 28.2 Å². The molecule has 0 fully saturated rings. The molecule has 3 aromatic heterocycles. The van der Waals surface area contributed by atoms with E-state index in [0.717, 1.165) is 15.8 Å². The number of aliphatic hydroxyl groups excluding tert-OH is 1. The number of aryl methyl sites for hydroxylation is 1. The van der Waals surface area contributed by atoms with Crippen LogP contribution in [0.15, 0.2) is 35.7 Å².